The van der Waals surface area contributed by atoms with Crippen LogP contribution >= 0.6 is 15.9 Å². The molecule has 4 aromatic rings. The van der Waals surface area contributed by atoms with Crippen LogP contribution in [-0.4, -0.2) is 18.1 Å². The maximum Gasteiger partial charge on any atom is 0.158 e. The van der Waals surface area contributed by atoms with Crippen molar-refractivity contribution >= 4 is 48.9 Å². The lowest BCUT2D eigenvalue weighted by Crippen LogP contribution is -2.05. The molecule has 0 fully saturated rings. The highest BCUT2D eigenvalue weighted by atomic mass is 79.9. The number of benzene rings is 1. The van der Waals surface area contributed by atoms with Crippen LogP contribution in [0, 0.1) is 6.92 Å². The van der Waals surface area contributed by atoms with Crippen molar-refractivity contribution in [3.63, 3.8) is 0 Å². The second-order valence-electron chi connectivity index (χ2n) is 5.25. The van der Waals surface area contributed by atoms with Crippen LogP contribution in [0.4, 0.5) is 0 Å². The summed E-state index contributed by atoms with van der Waals surface area (Å²) >= 11 is 3.40. The minimum Gasteiger partial charge on any atom is -0.264 e. The van der Waals surface area contributed by atoms with Crippen molar-refractivity contribution in [3.8, 4) is 0 Å². The Morgan fingerprint density at radius 3 is 2.61 bits per heavy atom. The van der Waals surface area contributed by atoms with Gasteiger partial charge in [0.1, 0.15) is 4.60 Å². The quantitative estimate of drug-likeness (QED) is 0.485. The highest BCUT2D eigenvalue weighted by molar-refractivity contribution is 9.10. The smallest absolute Gasteiger partial charge is 0.158 e. The summed E-state index contributed by atoms with van der Waals surface area (Å²) in [6.07, 6.45) is 3.50. The van der Waals surface area contributed by atoms with E-state index in [0.717, 1.165) is 26.7 Å². The molecule has 0 aliphatic rings. The van der Waals surface area contributed by atoms with Gasteiger partial charge < -0.3 is 0 Å². The first-order valence-corrected chi connectivity index (χ1v) is 8.95. The van der Waals surface area contributed by atoms with Crippen molar-refractivity contribution in [1.82, 2.24) is 13.9 Å². The van der Waals surface area contributed by atoms with Crippen molar-refractivity contribution < 1.29 is 4.21 Å². The average molecular weight is 386 g/mol. The van der Waals surface area contributed by atoms with E-state index in [1.807, 2.05) is 49.4 Å². The molecule has 6 heteroatoms. The van der Waals surface area contributed by atoms with Crippen LogP contribution in [0.15, 0.2) is 64.4 Å². The van der Waals surface area contributed by atoms with Crippen LogP contribution in [0.1, 0.15) is 5.56 Å². The predicted octanol–water partition coefficient (Wildman–Crippen LogP) is 4.23. The third kappa shape index (κ3) is 2.38. The van der Waals surface area contributed by atoms with Gasteiger partial charge >= 0.3 is 0 Å². The topological polar surface area (TPSA) is 47.8 Å². The van der Waals surface area contributed by atoms with Gasteiger partial charge in [-0.1, -0.05) is 17.7 Å². The molecule has 0 aliphatic carbocycles. The van der Waals surface area contributed by atoms with Crippen molar-refractivity contribution in [3.05, 3.63) is 65.0 Å². The second kappa shape index (κ2) is 5.54. The molecular formula is C17H12BrN3OS. The van der Waals surface area contributed by atoms with E-state index >= 15 is 0 Å². The van der Waals surface area contributed by atoms with Gasteiger partial charge in [0.15, 0.2) is 16.6 Å². The molecule has 0 aliphatic heterocycles. The number of aryl methyl sites for hydroxylation is 1. The summed E-state index contributed by atoms with van der Waals surface area (Å²) in [5.74, 6) is 0. The molecule has 1 unspecified atom stereocenters. The lowest BCUT2D eigenvalue weighted by Gasteiger charge is -2.07. The summed E-state index contributed by atoms with van der Waals surface area (Å²) < 4.78 is 15.6. The second-order valence-corrected chi connectivity index (χ2v) is 7.40. The number of nitrogens with zero attached hydrogens (tertiary/aromatic N) is 3. The van der Waals surface area contributed by atoms with Crippen LogP contribution in [0.3, 0.4) is 0 Å². The van der Waals surface area contributed by atoms with E-state index in [0.29, 0.717) is 10.3 Å². The van der Waals surface area contributed by atoms with Gasteiger partial charge in [-0.2, -0.15) is 0 Å². The zero-order valence-corrected chi connectivity index (χ0v) is 14.6. The largest absolute Gasteiger partial charge is 0.264 e. The molecule has 0 bridgehead atoms. The lowest BCUT2D eigenvalue weighted by atomic mass is 10.2. The minimum atomic E-state index is -1.38. The van der Waals surface area contributed by atoms with Gasteiger partial charge in [0.2, 0.25) is 0 Å². The molecule has 4 rings (SSSR count). The van der Waals surface area contributed by atoms with E-state index < -0.39 is 11.0 Å². The summed E-state index contributed by atoms with van der Waals surface area (Å²) in [5.41, 5.74) is 2.68. The van der Waals surface area contributed by atoms with Crippen LogP contribution in [0.5, 0.6) is 0 Å². The van der Waals surface area contributed by atoms with Gasteiger partial charge in [-0.25, -0.2) is 13.2 Å². The first kappa shape index (κ1) is 14.5. The van der Waals surface area contributed by atoms with Crippen LogP contribution < -0.4 is 0 Å². The van der Waals surface area contributed by atoms with Crippen molar-refractivity contribution in [2.75, 3.05) is 0 Å². The summed E-state index contributed by atoms with van der Waals surface area (Å²) in [6.45, 7) is 2.01. The third-order valence-electron chi connectivity index (χ3n) is 3.73. The highest BCUT2D eigenvalue weighted by Crippen LogP contribution is 2.30. The Morgan fingerprint density at radius 1 is 1.04 bits per heavy atom. The molecule has 4 nitrogen and oxygen atoms in total. The number of aromatic nitrogens is 3. The van der Waals surface area contributed by atoms with Gasteiger partial charge in [0, 0.05) is 23.2 Å². The summed E-state index contributed by atoms with van der Waals surface area (Å²) in [7, 11) is -1.38. The maximum atomic E-state index is 13.2. The zero-order chi connectivity index (χ0) is 16.0. The zero-order valence-electron chi connectivity index (χ0n) is 12.2. The number of halogens is 1. The minimum absolute atomic E-state index is 0.682. The predicted molar refractivity (Wildman–Crippen MR) is 95.7 cm³/mol. The fourth-order valence-electron chi connectivity index (χ4n) is 2.60. The summed E-state index contributed by atoms with van der Waals surface area (Å²) in [6, 6.07) is 13.4. The van der Waals surface area contributed by atoms with Gasteiger partial charge in [0.05, 0.1) is 10.4 Å². The fraction of sp³-hybridized carbons (Fsp3) is 0.0588. The summed E-state index contributed by atoms with van der Waals surface area (Å²) in [4.78, 5) is 9.47. The molecule has 0 saturated carbocycles. The normalized spacial score (nSPS) is 12.8. The first-order valence-electron chi connectivity index (χ1n) is 7.05. The maximum absolute atomic E-state index is 13.2. The molecule has 114 valence electrons. The molecule has 3 heterocycles. The number of fused-ring (bicyclic) bond motifs is 3. The SMILES string of the molecule is Cc1ccc(S(=O)n2c3ccncc3c3ccc(Br)nc32)cc1. The number of hydrogen-bond acceptors (Lipinski definition) is 3. The molecule has 0 amide bonds. The Balaban J connectivity index is 2.05. The number of hydrogen-bond donors (Lipinski definition) is 0. The van der Waals surface area contributed by atoms with Crippen molar-refractivity contribution in [1.29, 1.82) is 0 Å². The van der Waals surface area contributed by atoms with Gasteiger partial charge in [0.25, 0.3) is 0 Å². The van der Waals surface area contributed by atoms with Crippen molar-refractivity contribution in [2.45, 2.75) is 11.8 Å². The van der Waals surface area contributed by atoms with Gasteiger partial charge in [-0.05, 0) is 53.2 Å². The Morgan fingerprint density at radius 2 is 1.83 bits per heavy atom. The molecular weight excluding hydrogens is 374 g/mol. The van der Waals surface area contributed by atoms with E-state index in [1.165, 1.54) is 0 Å². The molecule has 0 N–H and O–H groups in total. The lowest BCUT2D eigenvalue weighted by molar-refractivity contribution is 0.679. The average Bonchev–Trinajstić information content (AvgIpc) is 2.88. The monoisotopic (exact) mass is 385 g/mol. The van der Waals surface area contributed by atoms with Gasteiger partial charge in [-0.15, -0.1) is 0 Å². The molecule has 0 spiro atoms. The number of rotatable bonds is 2. The highest BCUT2D eigenvalue weighted by Gasteiger charge is 2.17. The number of pyridine rings is 2. The van der Waals surface area contributed by atoms with Crippen molar-refractivity contribution in [2.24, 2.45) is 0 Å². The Hall–Kier alpha value is -2.05. The fourth-order valence-corrected chi connectivity index (χ4v) is 4.12. The van der Waals surface area contributed by atoms with Crippen LogP contribution in [-0.2, 0) is 11.0 Å². The molecule has 3 aromatic heterocycles. The standard InChI is InChI=1S/C17H12BrN3OS/c1-11-2-4-12(5-3-11)23(22)21-15-8-9-19-10-14(15)13-6-7-16(18)20-17(13)21/h2-10H,1H3. The summed E-state index contributed by atoms with van der Waals surface area (Å²) in [5, 5.41) is 1.89. The third-order valence-corrected chi connectivity index (χ3v) is 5.55. The Bertz CT molecular complexity index is 1060. The first-order chi connectivity index (χ1) is 11.1. The Labute approximate surface area is 143 Å². The molecule has 1 aromatic carbocycles. The van der Waals surface area contributed by atoms with E-state index in [9.17, 15) is 4.21 Å². The van der Waals surface area contributed by atoms with E-state index in [-0.39, 0.29) is 0 Å². The van der Waals surface area contributed by atoms with E-state index in [2.05, 4.69) is 25.9 Å². The molecule has 23 heavy (non-hydrogen) atoms. The van der Waals surface area contributed by atoms with Crippen LogP contribution in [0.25, 0.3) is 21.9 Å². The van der Waals surface area contributed by atoms with E-state index in [1.54, 1.807) is 16.4 Å². The molecule has 0 saturated heterocycles. The molecule has 1 atom stereocenters. The van der Waals surface area contributed by atoms with Gasteiger partial charge in [-0.3, -0.25) is 4.98 Å². The molecule has 0 radical (unpaired) electrons. The van der Waals surface area contributed by atoms with Crippen LogP contribution in [0.2, 0.25) is 0 Å². The van der Waals surface area contributed by atoms with E-state index in [4.69, 9.17) is 0 Å². The Kier molecular flexibility index (Phi) is 3.50.